The minimum atomic E-state index is 0.246. The van der Waals surface area contributed by atoms with Crippen LogP contribution < -0.4 is 11.1 Å². The van der Waals surface area contributed by atoms with Gasteiger partial charge in [0, 0.05) is 25.6 Å². The summed E-state index contributed by atoms with van der Waals surface area (Å²) in [5, 5.41) is 14.5. The fourth-order valence-electron chi connectivity index (χ4n) is 0.961. The van der Waals surface area contributed by atoms with Gasteiger partial charge in [-0.15, -0.1) is 0 Å². The molecule has 4 N–H and O–H groups in total. The zero-order valence-electron chi connectivity index (χ0n) is 8.62. The summed E-state index contributed by atoms with van der Waals surface area (Å²) < 4.78 is 0. The molecule has 78 valence electrons. The SMILES string of the molecule is CC(CC(N)=NO)NCCN(C)C. The summed E-state index contributed by atoms with van der Waals surface area (Å²) in [5.41, 5.74) is 5.35. The van der Waals surface area contributed by atoms with Crippen LogP contribution in [-0.2, 0) is 0 Å². The van der Waals surface area contributed by atoms with Crippen LogP contribution in [0.4, 0.5) is 0 Å². The van der Waals surface area contributed by atoms with Crippen molar-refractivity contribution in [1.82, 2.24) is 10.2 Å². The molecule has 0 spiro atoms. The Morgan fingerprint density at radius 2 is 2.23 bits per heavy atom. The molecule has 0 saturated heterocycles. The maximum Gasteiger partial charge on any atom is 0.140 e. The molecule has 0 bridgehead atoms. The number of rotatable bonds is 6. The molecule has 5 heteroatoms. The lowest BCUT2D eigenvalue weighted by Gasteiger charge is -2.15. The van der Waals surface area contributed by atoms with Crippen molar-refractivity contribution in [3.05, 3.63) is 0 Å². The van der Waals surface area contributed by atoms with Crippen molar-refractivity contribution in [1.29, 1.82) is 0 Å². The van der Waals surface area contributed by atoms with Crippen molar-refractivity contribution in [3.63, 3.8) is 0 Å². The molecule has 0 aromatic heterocycles. The lowest BCUT2D eigenvalue weighted by Crippen LogP contribution is -2.35. The van der Waals surface area contributed by atoms with Gasteiger partial charge in [0.2, 0.25) is 0 Å². The van der Waals surface area contributed by atoms with Gasteiger partial charge in [0.25, 0.3) is 0 Å². The first-order valence-electron chi connectivity index (χ1n) is 4.40. The summed E-state index contributed by atoms with van der Waals surface area (Å²) in [5.74, 6) is 0.268. The molecule has 0 aliphatic rings. The van der Waals surface area contributed by atoms with Crippen molar-refractivity contribution >= 4 is 5.84 Å². The quantitative estimate of drug-likeness (QED) is 0.231. The van der Waals surface area contributed by atoms with Crippen LogP contribution in [0.15, 0.2) is 5.16 Å². The minimum absolute atomic E-state index is 0.246. The Bertz CT molecular complexity index is 158. The monoisotopic (exact) mass is 188 g/mol. The van der Waals surface area contributed by atoms with Gasteiger partial charge in [0.15, 0.2) is 0 Å². The fourth-order valence-corrected chi connectivity index (χ4v) is 0.961. The number of oxime groups is 1. The fraction of sp³-hybridized carbons (Fsp3) is 0.875. The van der Waals surface area contributed by atoms with Crippen LogP contribution in [0.25, 0.3) is 0 Å². The van der Waals surface area contributed by atoms with Crippen LogP contribution in [-0.4, -0.2) is 49.2 Å². The zero-order chi connectivity index (χ0) is 10.3. The number of nitrogens with two attached hydrogens (primary N) is 1. The second kappa shape index (κ2) is 6.68. The minimum Gasteiger partial charge on any atom is -0.409 e. The molecule has 0 fully saturated rings. The van der Waals surface area contributed by atoms with E-state index in [4.69, 9.17) is 10.9 Å². The zero-order valence-corrected chi connectivity index (χ0v) is 8.62. The number of hydrogen-bond acceptors (Lipinski definition) is 4. The highest BCUT2D eigenvalue weighted by atomic mass is 16.4. The molecule has 0 aromatic carbocycles. The highest BCUT2D eigenvalue weighted by Gasteiger charge is 2.03. The van der Waals surface area contributed by atoms with Crippen molar-refractivity contribution in [3.8, 4) is 0 Å². The van der Waals surface area contributed by atoms with E-state index in [9.17, 15) is 0 Å². The Balaban J connectivity index is 3.46. The van der Waals surface area contributed by atoms with Gasteiger partial charge in [0.05, 0.1) is 0 Å². The van der Waals surface area contributed by atoms with Crippen LogP contribution in [0.5, 0.6) is 0 Å². The Labute approximate surface area is 79.6 Å². The Kier molecular flexibility index (Phi) is 6.26. The average molecular weight is 188 g/mol. The number of likely N-dealkylation sites (N-methyl/N-ethyl adjacent to an activating group) is 1. The first-order valence-corrected chi connectivity index (χ1v) is 4.40. The summed E-state index contributed by atoms with van der Waals surface area (Å²) in [6, 6.07) is 0.246. The lowest BCUT2D eigenvalue weighted by molar-refractivity contribution is 0.315. The molecule has 0 radical (unpaired) electrons. The molecule has 0 aliphatic heterocycles. The maximum absolute atomic E-state index is 8.32. The van der Waals surface area contributed by atoms with E-state index in [1.807, 2.05) is 21.0 Å². The predicted molar refractivity (Wildman–Crippen MR) is 54.0 cm³/mol. The number of amidine groups is 1. The maximum atomic E-state index is 8.32. The van der Waals surface area contributed by atoms with Crippen molar-refractivity contribution in [2.75, 3.05) is 27.2 Å². The molecular weight excluding hydrogens is 168 g/mol. The van der Waals surface area contributed by atoms with Gasteiger partial charge in [-0.05, 0) is 21.0 Å². The van der Waals surface area contributed by atoms with E-state index in [1.54, 1.807) is 0 Å². The second-order valence-electron chi connectivity index (χ2n) is 3.45. The summed E-state index contributed by atoms with van der Waals surface area (Å²) in [7, 11) is 4.05. The van der Waals surface area contributed by atoms with Crippen LogP contribution in [0, 0.1) is 0 Å². The molecule has 0 saturated carbocycles. The third kappa shape index (κ3) is 7.55. The molecule has 0 heterocycles. The predicted octanol–water partition coefficient (Wildman–Crippen LogP) is -0.337. The van der Waals surface area contributed by atoms with Gasteiger partial charge < -0.3 is 21.2 Å². The Morgan fingerprint density at radius 3 is 2.69 bits per heavy atom. The van der Waals surface area contributed by atoms with Gasteiger partial charge >= 0.3 is 0 Å². The third-order valence-electron chi connectivity index (χ3n) is 1.70. The molecule has 0 aliphatic carbocycles. The van der Waals surface area contributed by atoms with Crippen molar-refractivity contribution < 1.29 is 5.21 Å². The first-order chi connectivity index (χ1) is 6.06. The van der Waals surface area contributed by atoms with E-state index in [-0.39, 0.29) is 11.9 Å². The summed E-state index contributed by atoms with van der Waals surface area (Å²) in [6.07, 6.45) is 0.573. The number of nitrogens with zero attached hydrogens (tertiary/aromatic N) is 2. The Hall–Kier alpha value is -0.810. The van der Waals surface area contributed by atoms with E-state index in [0.717, 1.165) is 13.1 Å². The van der Waals surface area contributed by atoms with E-state index >= 15 is 0 Å². The first kappa shape index (κ1) is 12.2. The van der Waals surface area contributed by atoms with Gasteiger partial charge in [-0.2, -0.15) is 0 Å². The third-order valence-corrected chi connectivity index (χ3v) is 1.70. The Morgan fingerprint density at radius 1 is 1.62 bits per heavy atom. The van der Waals surface area contributed by atoms with E-state index in [2.05, 4.69) is 15.4 Å². The van der Waals surface area contributed by atoms with Crippen molar-refractivity contribution in [2.45, 2.75) is 19.4 Å². The average Bonchev–Trinajstić information content (AvgIpc) is 2.03. The van der Waals surface area contributed by atoms with E-state index in [0.29, 0.717) is 6.42 Å². The standard InChI is InChI=1S/C8H20N4O/c1-7(6-8(9)11-13)10-4-5-12(2)3/h7,10,13H,4-6H2,1-3H3,(H2,9,11). The number of hydrogen-bond donors (Lipinski definition) is 3. The molecular formula is C8H20N4O. The van der Waals surface area contributed by atoms with Gasteiger partial charge in [0.1, 0.15) is 5.84 Å². The molecule has 1 atom stereocenters. The highest BCUT2D eigenvalue weighted by molar-refractivity contribution is 5.80. The highest BCUT2D eigenvalue weighted by Crippen LogP contribution is 1.89. The second-order valence-corrected chi connectivity index (χ2v) is 3.45. The molecule has 1 unspecified atom stereocenters. The topological polar surface area (TPSA) is 73.9 Å². The van der Waals surface area contributed by atoms with Crippen molar-refractivity contribution in [2.24, 2.45) is 10.9 Å². The van der Waals surface area contributed by atoms with Crippen LogP contribution >= 0.6 is 0 Å². The molecule has 0 rings (SSSR count). The van der Waals surface area contributed by atoms with E-state index < -0.39 is 0 Å². The smallest absolute Gasteiger partial charge is 0.140 e. The van der Waals surface area contributed by atoms with Gasteiger partial charge in [-0.25, -0.2) is 0 Å². The normalized spacial score (nSPS) is 14.9. The van der Waals surface area contributed by atoms with Crippen LogP contribution in [0.3, 0.4) is 0 Å². The summed E-state index contributed by atoms with van der Waals surface area (Å²) in [4.78, 5) is 2.10. The molecule has 13 heavy (non-hydrogen) atoms. The van der Waals surface area contributed by atoms with Gasteiger partial charge in [-0.1, -0.05) is 5.16 Å². The molecule has 0 aromatic rings. The lowest BCUT2D eigenvalue weighted by atomic mass is 10.2. The van der Waals surface area contributed by atoms with Gasteiger partial charge in [-0.3, -0.25) is 0 Å². The number of nitrogens with one attached hydrogen (secondary N) is 1. The van der Waals surface area contributed by atoms with Crippen LogP contribution in [0.1, 0.15) is 13.3 Å². The molecule has 0 amide bonds. The molecule has 5 nitrogen and oxygen atoms in total. The van der Waals surface area contributed by atoms with Crippen LogP contribution in [0.2, 0.25) is 0 Å². The van der Waals surface area contributed by atoms with E-state index in [1.165, 1.54) is 0 Å². The summed E-state index contributed by atoms with van der Waals surface area (Å²) in [6.45, 7) is 3.90. The largest absolute Gasteiger partial charge is 0.409 e. The summed E-state index contributed by atoms with van der Waals surface area (Å²) >= 11 is 0.